The van der Waals surface area contributed by atoms with Gasteiger partial charge in [-0.25, -0.2) is 8.42 Å². The Morgan fingerprint density at radius 3 is 2.63 bits per heavy atom. The summed E-state index contributed by atoms with van der Waals surface area (Å²) in [6.45, 7) is 2.40. The number of fused-ring (bicyclic) bond motifs is 2. The van der Waals surface area contributed by atoms with E-state index in [1.54, 1.807) is 4.31 Å². The van der Waals surface area contributed by atoms with Crippen molar-refractivity contribution in [1.29, 1.82) is 0 Å². The van der Waals surface area contributed by atoms with Crippen molar-refractivity contribution in [2.24, 2.45) is 0 Å². The lowest BCUT2D eigenvalue weighted by Crippen LogP contribution is -2.46. The third kappa shape index (κ3) is 3.24. The summed E-state index contributed by atoms with van der Waals surface area (Å²) in [6, 6.07) is 0.884. The van der Waals surface area contributed by atoms with Crippen molar-refractivity contribution in [2.75, 3.05) is 26.3 Å². The molecule has 0 aromatic rings. The molecule has 0 radical (unpaired) electrons. The lowest BCUT2D eigenvalue weighted by Gasteiger charge is -2.30. The first-order chi connectivity index (χ1) is 8.66. The van der Waals surface area contributed by atoms with Gasteiger partial charge >= 0.3 is 0 Å². The number of nitrogens with zero attached hydrogens (tertiary/aromatic N) is 1. The highest BCUT2D eigenvalue weighted by Gasteiger charge is 2.38. The molecule has 3 rings (SSSR count). The predicted octanol–water partition coefficient (Wildman–Crippen LogP) is 0.743. The number of sulfonamides is 1. The number of halogens is 1. The molecule has 3 aliphatic rings. The molecule has 0 spiro atoms. The molecule has 19 heavy (non-hydrogen) atoms. The van der Waals surface area contributed by atoms with E-state index in [-0.39, 0.29) is 17.7 Å². The molecular formula is C12H23ClN2O3S. The normalized spacial score (nSPS) is 36.5. The van der Waals surface area contributed by atoms with Crippen LogP contribution in [0, 0.1) is 0 Å². The first kappa shape index (κ1) is 15.5. The standard InChI is InChI=1S/C12H22N2O3S.ClH/c15-18(16,12-2-1-7-17-9-12)14-6-5-10-3-4-11(8-14)13-10;/h10-13H,1-9H2;1H. The maximum atomic E-state index is 12.6. The third-order valence-electron chi connectivity index (χ3n) is 4.39. The molecule has 3 aliphatic heterocycles. The second-order valence-corrected chi connectivity index (χ2v) is 7.88. The van der Waals surface area contributed by atoms with Crippen molar-refractivity contribution in [1.82, 2.24) is 9.62 Å². The van der Waals surface area contributed by atoms with E-state index in [0.717, 1.165) is 25.7 Å². The summed E-state index contributed by atoms with van der Waals surface area (Å²) in [6.07, 6.45) is 4.87. The highest BCUT2D eigenvalue weighted by molar-refractivity contribution is 7.89. The van der Waals surface area contributed by atoms with Crippen LogP contribution in [0.1, 0.15) is 32.1 Å². The summed E-state index contributed by atoms with van der Waals surface area (Å²) in [5.41, 5.74) is 0. The minimum absolute atomic E-state index is 0. The van der Waals surface area contributed by atoms with Gasteiger partial charge < -0.3 is 10.1 Å². The van der Waals surface area contributed by atoms with Crippen molar-refractivity contribution in [3.8, 4) is 0 Å². The van der Waals surface area contributed by atoms with Crippen LogP contribution in [-0.4, -0.2) is 56.4 Å². The number of ether oxygens (including phenoxy) is 1. The van der Waals surface area contributed by atoms with Gasteiger partial charge in [-0.15, -0.1) is 12.4 Å². The minimum Gasteiger partial charge on any atom is -0.380 e. The zero-order chi connectivity index (χ0) is 12.6. The van der Waals surface area contributed by atoms with Crippen LogP contribution in [0.4, 0.5) is 0 Å². The van der Waals surface area contributed by atoms with Crippen molar-refractivity contribution in [3.63, 3.8) is 0 Å². The van der Waals surface area contributed by atoms with Crippen LogP contribution in [0.15, 0.2) is 0 Å². The Bertz CT molecular complexity index is 398. The van der Waals surface area contributed by atoms with E-state index in [1.807, 2.05) is 0 Å². The molecule has 0 aliphatic carbocycles. The zero-order valence-electron chi connectivity index (χ0n) is 11.1. The molecule has 3 fully saturated rings. The van der Waals surface area contributed by atoms with Gasteiger partial charge in [-0.05, 0) is 32.1 Å². The fraction of sp³-hybridized carbons (Fsp3) is 1.00. The van der Waals surface area contributed by atoms with Crippen LogP contribution in [0.25, 0.3) is 0 Å². The molecule has 0 amide bonds. The van der Waals surface area contributed by atoms with Crippen LogP contribution in [0.3, 0.4) is 0 Å². The Kier molecular flexibility index (Phi) is 5.11. The molecule has 3 saturated heterocycles. The van der Waals surface area contributed by atoms with Gasteiger partial charge in [-0.1, -0.05) is 0 Å². The van der Waals surface area contributed by atoms with E-state index < -0.39 is 10.0 Å². The maximum absolute atomic E-state index is 12.6. The molecule has 112 valence electrons. The third-order valence-corrected chi connectivity index (χ3v) is 6.65. The fourth-order valence-corrected chi connectivity index (χ4v) is 5.20. The van der Waals surface area contributed by atoms with Gasteiger partial charge in [0.15, 0.2) is 0 Å². The van der Waals surface area contributed by atoms with Crippen LogP contribution >= 0.6 is 12.4 Å². The SMILES string of the molecule is Cl.O=S(=O)(C1CCCOC1)N1CCC2CCC(C1)N2. The van der Waals surface area contributed by atoms with Crippen molar-refractivity contribution in [2.45, 2.75) is 49.4 Å². The Hall–Kier alpha value is 0.120. The van der Waals surface area contributed by atoms with Gasteiger partial charge in [-0.3, -0.25) is 0 Å². The molecule has 0 aromatic carbocycles. The highest BCUT2D eigenvalue weighted by Crippen LogP contribution is 2.25. The largest absolute Gasteiger partial charge is 0.380 e. The first-order valence-electron chi connectivity index (χ1n) is 6.99. The molecular weight excluding hydrogens is 288 g/mol. The maximum Gasteiger partial charge on any atom is 0.219 e. The highest BCUT2D eigenvalue weighted by atomic mass is 35.5. The number of nitrogens with one attached hydrogen (secondary N) is 1. The Morgan fingerprint density at radius 2 is 1.89 bits per heavy atom. The van der Waals surface area contributed by atoms with Gasteiger partial charge in [0.2, 0.25) is 10.0 Å². The Labute approximate surface area is 121 Å². The smallest absolute Gasteiger partial charge is 0.219 e. The molecule has 3 atom stereocenters. The van der Waals surface area contributed by atoms with E-state index >= 15 is 0 Å². The predicted molar refractivity (Wildman–Crippen MR) is 76.1 cm³/mol. The lowest BCUT2D eigenvalue weighted by molar-refractivity contribution is 0.0974. The molecule has 3 unspecified atom stereocenters. The lowest BCUT2D eigenvalue weighted by atomic mass is 10.1. The number of hydrogen-bond acceptors (Lipinski definition) is 4. The average molecular weight is 311 g/mol. The number of rotatable bonds is 2. The topological polar surface area (TPSA) is 58.6 Å². The van der Waals surface area contributed by atoms with E-state index in [2.05, 4.69) is 5.32 Å². The van der Waals surface area contributed by atoms with Crippen molar-refractivity contribution in [3.05, 3.63) is 0 Å². The monoisotopic (exact) mass is 310 g/mol. The Morgan fingerprint density at radius 1 is 1.11 bits per heavy atom. The second-order valence-electron chi connectivity index (χ2n) is 5.67. The van der Waals surface area contributed by atoms with Gasteiger partial charge in [0.25, 0.3) is 0 Å². The molecule has 0 aromatic heterocycles. The molecule has 0 saturated carbocycles. The molecule has 3 heterocycles. The quantitative estimate of drug-likeness (QED) is 0.817. The van der Waals surface area contributed by atoms with Crippen molar-refractivity contribution < 1.29 is 13.2 Å². The van der Waals surface area contributed by atoms with E-state index in [4.69, 9.17) is 4.74 Å². The second kappa shape index (κ2) is 6.26. The summed E-state index contributed by atoms with van der Waals surface area (Å²) in [5, 5.41) is 3.20. The summed E-state index contributed by atoms with van der Waals surface area (Å²) >= 11 is 0. The van der Waals surface area contributed by atoms with Crippen LogP contribution in [-0.2, 0) is 14.8 Å². The summed E-state index contributed by atoms with van der Waals surface area (Å²) in [5.74, 6) is 0. The zero-order valence-corrected chi connectivity index (χ0v) is 12.7. The fourth-order valence-electron chi connectivity index (χ4n) is 3.30. The van der Waals surface area contributed by atoms with E-state index in [1.165, 1.54) is 6.42 Å². The van der Waals surface area contributed by atoms with Gasteiger partial charge in [-0.2, -0.15) is 4.31 Å². The summed E-state index contributed by atoms with van der Waals surface area (Å²) in [7, 11) is -3.16. The molecule has 5 nitrogen and oxygen atoms in total. The van der Waals surface area contributed by atoms with Crippen LogP contribution < -0.4 is 5.32 Å². The molecule has 7 heteroatoms. The number of hydrogen-bond donors (Lipinski definition) is 1. The summed E-state index contributed by atoms with van der Waals surface area (Å²) in [4.78, 5) is 0. The summed E-state index contributed by atoms with van der Waals surface area (Å²) < 4.78 is 32.2. The molecule has 1 N–H and O–H groups in total. The first-order valence-corrected chi connectivity index (χ1v) is 8.49. The average Bonchev–Trinajstić information content (AvgIpc) is 2.69. The Balaban J connectivity index is 0.00000133. The van der Waals surface area contributed by atoms with E-state index in [9.17, 15) is 8.42 Å². The van der Waals surface area contributed by atoms with E-state index in [0.29, 0.717) is 38.4 Å². The molecule has 2 bridgehead atoms. The van der Waals surface area contributed by atoms with Crippen molar-refractivity contribution >= 4 is 22.4 Å². The van der Waals surface area contributed by atoms with Gasteiger partial charge in [0.05, 0.1) is 11.9 Å². The minimum atomic E-state index is -3.16. The van der Waals surface area contributed by atoms with Gasteiger partial charge in [0.1, 0.15) is 0 Å². The van der Waals surface area contributed by atoms with Gasteiger partial charge in [0, 0.05) is 31.8 Å². The van der Waals surface area contributed by atoms with Crippen LogP contribution in [0.5, 0.6) is 0 Å². The van der Waals surface area contributed by atoms with Crippen LogP contribution in [0.2, 0.25) is 0 Å².